The van der Waals surface area contributed by atoms with E-state index in [9.17, 15) is 19.8 Å². The molecular weight excluding hydrogens is 468 g/mol. The maximum atomic E-state index is 13.3. The second-order valence-electron chi connectivity index (χ2n) is 8.53. The number of benzene rings is 4. The van der Waals surface area contributed by atoms with Gasteiger partial charge < -0.3 is 20.3 Å². The van der Waals surface area contributed by atoms with Gasteiger partial charge in [0.05, 0.1) is 18.7 Å². The second kappa shape index (κ2) is 9.91. The zero-order chi connectivity index (χ0) is 25.9. The molecule has 1 saturated heterocycles. The molecule has 4 aromatic rings. The monoisotopic (exact) mass is 492 g/mol. The molecule has 1 heterocycles. The number of aromatic hydroxyl groups is 1. The normalized spacial score (nSPS) is 16.6. The molecule has 0 aliphatic carbocycles. The van der Waals surface area contributed by atoms with E-state index in [2.05, 4.69) is 5.32 Å². The van der Waals surface area contributed by atoms with Crippen LogP contribution in [-0.2, 0) is 9.59 Å². The fourth-order valence-electron chi connectivity index (χ4n) is 4.37. The summed E-state index contributed by atoms with van der Waals surface area (Å²) in [5.41, 5.74) is 3.13. The van der Waals surface area contributed by atoms with Crippen molar-refractivity contribution in [1.29, 1.82) is 0 Å². The Kier molecular flexibility index (Phi) is 6.34. The summed E-state index contributed by atoms with van der Waals surface area (Å²) in [6.45, 7) is 0. The largest absolute Gasteiger partial charge is 0.508 e. The molecule has 7 nitrogen and oxygen atoms in total. The number of methoxy groups -OCH3 is 1. The van der Waals surface area contributed by atoms with Gasteiger partial charge in [-0.05, 0) is 78.4 Å². The number of carbonyl (C=O) groups is 2. The van der Waals surface area contributed by atoms with Crippen molar-refractivity contribution in [3.63, 3.8) is 0 Å². The molecule has 4 aromatic carbocycles. The lowest BCUT2D eigenvalue weighted by Crippen LogP contribution is -2.29. The fourth-order valence-corrected chi connectivity index (χ4v) is 4.37. The molecule has 37 heavy (non-hydrogen) atoms. The third-order valence-electron chi connectivity index (χ3n) is 6.22. The Hall–Kier alpha value is -5.04. The van der Waals surface area contributed by atoms with Crippen molar-refractivity contribution in [2.75, 3.05) is 17.3 Å². The van der Waals surface area contributed by atoms with Gasteiger partial charge in [0.1, 0.15) is 17.3 Å². The molecule has 0 aromatic heterocycles. The number of aliphatic hydroxyl groups is 1. The molecule has 5 rings (SSSR count). The average Bonchev–Trinajstić information content (AvgIpc) is 3.20. The van der Waals surface area contributed by atoms with Crippen molar-refractivity contribution in [2.45, 2.75) is 6.04 Å². The van der Waals surface area contributed by atoms with E-state index in [0.29, 0.717) is 22.6 Å². The number of hydrogen-bond acceptors (Lipinski definition) is 6. The van der Waals surface area contributed by atoms with E-state index in [0.717, 1.165) is 11.4 Å². The van der Waals surface area contributed by atoms with E-state index in [1.807, 2.05) is 42.5 Å². The summed E-state index contributed by atoms with van der Waals surface area (Å²) < 4.78 is 5.18. The van der Waals surface area contributed by atoms with Crippen LogP contribution in [0.5, 0.6) is 11.5 Å². The van der Waals surface area contributed by atoms with Gasteiger partial charge in [-0.3, -0.25) is 14.5 Å². The van der Waals surface area contributed by atoms with E-state index in [1.54, 1.807) is 48.5 Å². The Morgan fingerprint density at radius 1 is 0.811 bits per heavy atom. The molecule has 1 amide bonds. The number of ether oxygens (including phenoxy) is 1. The zero-order valence-corrected chi connectivity index (χ0v) is 20.0. The molecule has 1 fully saturated rings. The highest BCUT2D eigenvalue weighted by molar-refractivity contribution is 6.51. The van der Waals surface area contributed by atoms with E-state index < -0.39 is 17.7 Å². The van der Waals surface area contributed by atoms with Gasteiger partial charge in [0.15, 0.2) is 0 Å². The molecule has 0 saturated carbocycles. The molecule has 0 radical (unpaired) electrons. The van der Waals surface area contributed by atoms with Crippen LogP contribution in [0.1, 0.15) is 17.2 Å². The van der Waals surface area contributed by atoms with Crippen LogP contribution >= 0.6 is 0 Å². The lowest BCUT2D eigenvalue weighted by Gasteiger charge is -2.25. The number of nitrogens with zero attached hydrogens (tertiary/aromatic N) is 1. The van der Waals surface area contributed by atoms with Crippen LogP contribution in [-0.4, -0.2) is 29.0 Å². The molecule has 1 aliphatic heterocycles. The van der Waals surface area contributed by atoms with E-state index in [1.165, 1.54) is 24.1 Å². The molecule has 0 bridgehead atoms. The lowest BCUT2D eigenvalue weighted by atomic mass is 9.95. The SMILES string of the molecule is COc1ccc(/C(O)=C2\C(=O)C(=O)N(c3ccc(Nc4ccccc4)cc3)C2c2ccc(O)cc2)cc1. The van der Waals surface area contributed by atoms with Crippen LogP contribution in [0.2, 0.25) is 0 Å². The van der Waals surface area contributed by atoms with Crippen LogP contribution in [0.3, 0.4) is 0 Å². The van der Waals surface area contributed by atoms with Crippen molar-refractivity contribution in [2.24, 2.45) is 0 Å². The number of phenols is 1. The first-order chi connectivity index (χ1) is 18.0. The standard InChI is InChI=1S/C30H24N2O5/c1-37-25-17-9-20(10-18-25)28(34)26-27(19-7-15-24(33)16-8-19)32(30(36)29(26)35)23-13-11-22(12-14-23)31-21-5-3-2-4-6-21/h2-18,27,31,33-34H,1H3/b28-26+. The summed E-state index contributed by atoms with van der Waals surface area (Å²) in [5, 5.41) is 24.3. The molecule has 7 heteroatoms. The van der Waals surface area contributed by atoms with Crippen LogP contribution in [0, 0.1) is 0 Å². The van der Waals surface area contributed by atoms with E-state index in [4.69, 9.17) is 4.74 Å². The van der Waals surface area contributed by atoms with Crippen molar-refractivity contribution in [3.05, 3.63) is 120 Å². The first kappa shape index (κ1) is 23.7. The lowest BCUT2D eigenvalue weighted by molar-refractivity contribution is -0.132. The van der Waals surface area contributed by atoms with Crippen LogP contribution in [0.25, 0.3) is 5.76 Å². The van der Waals surface area contributed by atoms with Gasteiger partial charge in [-0.2, -0.15) is 0 Å². The number of hydrogen-bond donors (Lipinski definition) is 3. The van der Waals surface area contributed by atoms with Crippen LogP contribution < -0.4 is 15.0 Å². The average molecular weight is 493 g/mol. The molecule has 1 aliphatic rings. The number of Topliss-reactive ketones (excluding diaryl/α,β-unsaturated/α-hetero) is 1. The summed E-state index contributed by atoms with van der Waals surface area (Å²) in [7, 11) is 1.53. The highest BCUT2D eigenvalue weighted by Gasteiger charge is 2.47. The minimum absolute atomic E-state index is 0.0349. The van der Waals surface area contributed by atoms with Gasteiger partial charge in [-0.25, -0.2) is 0 Å². The van der Waals surface area contributed by atoms with Crippen molar-refractivity contribution in [1.82, 2.24) is 0 Å². The topological polar surface area (TPSA) is 99.1 Å². The Morgan fingerprint density at radius 2 is 1.43 bits per heavy atom. The summed E-state index contributed by atoms with van der Waals surface area (Å²) in [6, 6.07) is 28.7. The molecule has 1 atom stereocenters. The first-order valence-electron chi connectivity index (χ1n) is 11.6. The summed E-state index contributed by atoms with van der Waals surface area (Å²) in [4.78, 5) is 28.0. The Balaban J connectivity index is 1.57. The summed E-state index contributed by atoms with van der Waals surface area (Å²) in [5.74, 6) is -1.19. The Morgan fingerprint density at radius 3 is 2.05 bits per heavy atom. The van der Waals surface area contributed by atoms with Gasteiger partial charge in [0.25, 0.3) is 11.7 Å². The van der Waals surface area contributed by atoms with Gasteiger partial charge in [0, 0.05) is 22.6 Å². The number of phenolic OH excluding ortho intramolecular Hbond substituents is 1. The van der Waals surface area contributed by atoms with Crippen molar-refractivity contribution < 1.29 is 24.5 Å². The number of amides is 1. The quantitative estimate of drug-likeness (QED) is 0.180. The Bertz CT molecular complexity index is 1460. The molecular formula is C30H24N2O5. The number of aliphatic hydroxyl groups excluding tert-OH is 1. The predicted molar refractivity (Wildman–Crippen MR) is 142 cm³/mol. The Labute approximate surface area is 213 Å². The maximum absolute atomic E-state index is 13.3. The third kappa shape index (κ3) is 4.62. The number of anilines is 3. The van der Waals surface area contributed by atoms with Crippen LogP contribution in [0.15, 0.2) is 109 Å². The highest BCUT2D eigenvalue weighted by atomic mass is 16.5. The number of ketones is 1. The molecule has 3 N–H and O–H groups in total. The first-order valence-corrected chi connectivity index (χ1v) is 11.6. The zero-order valence-electron chi connectivity index (χ0n) is 20.0. The molecule has 184 valence electrons. The van der Waals surface area contributed by atoms with E-state index >= 15 is 0 Å². The molecule has 0 spiro atoms. The maximum Gasteiger partial charge on any atom is 0.300 e. The summed E-state index contributed by atoms with van der Waals surface area (Å²) in [6.07, 6.45) is 0. The number of nitrogens with one attached hydrogen (secondary N) is 1. The highest BCUT2D eigenvalue weighted by Crippen LogP contribution is 2.42. The number of para-hydroxylation sites is 1. The van der Waals surface area contributed by atoms with E-state index in [-0.39, 0.29) is 17.1 Å². The summed E-state index contributed by atoms with van der Waals surface area (Å²) >= 11 is 0. The predicted octanol–water partition coefficient (Wildman–Crippen LogP) is 5.77. The minimum Gasteiger partial charge on any atom is -0.508 e. The molecule has 1 unspecified atom stereocenters. The smallest absolute Gasteiger partial charge is 0.300 e. The minimum atomic E-state index is -0.893. The van der Waals surface area contributed by atoms with Gasteiger partial charge in [-0.15, -0.1) is 0 Å². The van der Waals surface area contributed by atoms with Gasteiger partial charge in [0.2, 0.25) is 0 Å². The van der Waals surface area contributed by atoms with Gasteiger partial charge >= 0.3 is 0 Å². The number of carbonyl (C=O) groups excluding carboxylic acids is 2. The van der Waals surface area contributed by atoms with Crippen molar-refractivity contribution >= 4 is 34.5 Å². The fraction of sp³-hybridized carbons (Fsp3) is 0.0667. The number of rotatable bonds is 6. The van der Waals surface area contributed by atoms with Gasteiger partial charge in [-0.1, -0.05) is 30.3 Å². The second-order valence-corrected chi connectivity index (χ2v) is 8.53. The van der Waals surface area contributed by atoms with Crippen LogP contribution in [0.4, 0.5) is 17.1 Å². The third-order valence-corrected chi connectivity index (χ3v) is 6.22. The van der Waals surface area contributed by atoms with Crippen molar-refractivity contribution in [3.8, 4) is 11.5 Å².